The molecule has 6 heteroatoms. The van der Waals surface area contributed by atoms with Crippen LogP contribution in [0.2, 0.25) is 0 Å². The van der Waals surface area contributed by atoms with Crippen LogP contribution in [0.4, 0.5) is 4.79 Å². The smallest absolute Gasteiger partial charge is 0.338 e. The van der Waals surface area contributed by atoms with Crippen LogP contribution < -0.4 is 15.4 Å². The number of carbonyl (C=O) groups excluding carboxylic acids is 2. The maximum Gasteiger partial charge on any atom is 0.338 e. The number of urea groups is 1. The van der Waals surface area contributed by atoms with Gasteiger partial charge in [0.2, 0.25) is 0 Å². The number of nitrogens with one attached hydrogen (secondary N) is 2. The first-order valence-corrected chi connectivity index (χ1v) is 9.81. The van der Waals surface area contributed by atoms with Crippen molar-refractivity contribution in [3.63, 3.8) is 0 Å². The van der Waals surface area contributed by atoms with Crippen molar-refractivity contribution in [2.75, 3.05) is 6.61 Å². The molecule has 1 unspecified atom stereocenters. The van der Waals surface area contributed by atoms with Crippen LogP contribution in [-0.2, 0) is 9.53 Å². The summed E-state index contributed by atoms with van der Waals surface area (Å²) < 4.78 is 11.5. The average molecular weight is 372 g/mol. The molecule has 0 spiro atoms. The van der Waals surface area contributed by atoms with Gasteiger partial charge in [-0.15, -0.1) is 0 Å². The minimum Gasteiger partial charge on any atom is -0.494 e. The molecule has 1 aromatic carbocycles. The Labute approximate surface area is 160 Å². The summed E-state index contributed by atoms with van der Waals surface area (Å²) in [6.07, 6.45) is 6.30. The molecule has 0 radical (unpaired) electrons. The Bertz CT molecular complexity index is 721. The number of carbonyl (C=O) groups is 2. The summed E-state index contributed by atoms with van der Waals surface area (Å²) in [5, 5.41) is 5.55. The molecular formula is C21H28N2O4. The molecule has 0 bridgehead atoms. The van der Waals surface area contributed by atoms with Crippen LogP contribution >= 0.6 is 0 Å². The van der Waals surface area contributed by atoms with Gasteiger partial charge in [-0.1, -0.05) is 31.0 Å². The van der Waals surface area contributed by atoms with Crippen molar-refractivity contribution in [3.05, 3.63) is 41.1 Å². The molecule has 1 aromatic rings. The molecule has 1 saturated carbocycles. The fraction of sp³-hybridized carbons (Fsp3) is 0.524. The van der Waals surface area contributed by atoms with Crippen LogP contribution in [0.3, 0.4) is 0 Å². The molecule has 1 atom stereocenters. The van der Waals surface area contributed by atoms with Gasteiger partial charge in [-0.2, -0.15) is 0 Å². The van der Waals surface area contributed by atoms with Gasteiger partial charge in [0.15, 0.2) is 0 Å². The van der Waals surface area contributed by atoms with Gasteiger partial charge in [0.05, 0.1) is 18.2 Å². The normalized spacial score (nSPS) is 21.1. The largest absolute Gasteiger partial charge is 0.494 e. The molecule has 2 N–H and O–H groups in total. The van der Waals surface area contributed by atoms with Crippen molar-refractivity contribution < 1.29 is 19.1 Å². The van der Waals surface area contributed by atoms with Crippen molar-refractivity contribution in [2.45, 2.75) is 64.5 Å². The summed E-state index contributed by atoms with van der Waals surface area (Å²) in [4.78, 5) is 25.1. The lowest BCUT2D eigenvalue weighted by atomic mass is 9.94. The number of esters is 1. The van der Waals surface area contributed by atoms with Crippen molar-refractivity contribution in [3.8, 4) is 5.75 Å². The number of hydrogen-bond donors (Lipinski definition) is 2. The van der Waals surface area contributed by atoms with Gasteiger partial charge in [0, 0.05) is 11.3 Å². The van der Waals surface area contributed by atoms with Gasteiger partial charge in [-0.3, -0.25) is 0 Å². The van der Waals surface area contributed by atoms with Gasteiger partial charge in [0.25, 0.3) is 0 Å². The predicted octanol–water partition coefficient (Wildman–Crippen LogP) is 3.98. The van der Waals surface area contributed by atoms with E-state index in [0.717, 1.165) is 31.2 Å². The summed E-state index contributed by atoms with van der Waals surface area (Å²) in [6.45, 7) is 4.14. The van der Waals surface area contributed by atoms with Crippen molar-refractivity contribution in [2.24, 2.45) is 0 Å². The van der Waals surface area contributed by atoms with E-state index in [4.69, 9.17) is 9.47 Å². The third kappa shape index (κ3) is 4.62. The highest BCUT2D eigenvalue weighted by Crippen LogP contribution is 2.34. The lowest BCUT2D eigenvalue weighted by Crippen LogP contribution is -2.45. The van der Waals surface area contributed by atoms with E-state index < -0.39 is 6.04 Å². The van der Waals surface area contributed by atoms with Crippen LogP contribution in [0, 0.1) is 0 Å². The number of hydrogen-bond acceptors (Lipinski definition) is 4. The maximum atomic E-state index is 13.0. The van der Waals surface area contributed by atoms with E-state index in [1.807, 2.05) is 31.2 Å². The van der Waals surface area contributed by atoms with Gasteiger partial charge >= 0.3 is 12.0 Å². The zero-order valence-electron chi connectivity index (χ0n) is 16.0. The quantitative estimate of drug-likeness (QED) is 0.605. The number of para-hydroxylation sites is 1. The molecule has 146 valence electrons. The Morgan fingerprint density at radius 2 is 1.85 bits per heavy atom. The first-order valence-electron chi connectivity index (χ1n) is 9.81. The fourth-order valence-electron chi connectivity index (χ4n) is 3.78. The van der Waals surface area contributed by atoms with E-state index in [1.54, 1.807) is 6.92 Å². The highest BCUT2D eigenvalue weighted by Gasteiger charge is 2.34. The third-order valence-electron chi connectivity index (χ3n) is 5.09. The Morgan fingerprint density at radius 3 is 2.56 bits per heavy atom. The van der Waals surface area contributed by atoms with Gasteiger partial charge in [-0.05, 0) is 45.6 Å². The second kappa shape index (κ2) is 8.93. The fourth-order valence-corrected chi connectivity index (χ4v) is 3.78. The van der Waals surface area contributed by atoms with E-state index in [-0.39, 0.29) is 18.1 Å². The first kappa shape index (κ1) is 19.3. The van der Waals surface area contributed by atoms with Crippen LogP contribution in [0.1, 0.15) is 64.0 Å². The van der Waals surface area contributed by atoms with Crippen molar-refractivity contribution in [1.29, 1.82) is 0 Å². The molecule has 1 aliphatic carbocycles. The van der Waals surface area contributed by atoms with Gasteiger partial charge in [0.1, 0.15) is 11.9 Å². The molecule has 0 aromatic heterocycles. The Balaban J connectivity index is 1.89. The van der Waals surface area contributed by atoms with E-state index in [9.17, 15) is 9.59 Å². The van der Waals surface area contributed by atoms with Crippen molar-refractivity contribution in [1.82, 2.24) is 10.6 Å². The molecule has 1 fully saturated rings. The molecule has 3 rings (SSSR count). The second-order valence-electron chi connectivity index (χ2n) is 7.06. The minimum absolute atomic E-state index is 0.0549. The summed E-state index contributed by atoms with van der Waals surface area (Å²) in [5.41, 5.74) is 1.71. The van der Waals surface area contributed by atoms with E-state index in [2.05, 4.69) is 10.6 Å². The average Bonchev–Trinajstić information content (AvgIpc) is 2.90. The number of amides is 2. The SMILES string of the molecule is CCOc1ccccc1C1NC(=O)NC(C)=C1C(=O)OC1CCCCCC1. The standard InChI is InChI=1S/C21H28N2O4/c1-3-26-17-13-9-8-12-16(17)19-18(14(2)22-21(25)23-19)20(24)27-15-10-6-4-5-7-11-15/h8-9,12-13,15,19H,3-7,10-11H2,1-2H3,(H2,22,23,25). The lowest BCUT2D eigenvalue weighted by Gasteiger charge is -2.30. The number of ether oxygens (including phenoxy) is 2. The number of rotatable bonds is 5. The molecule has 2 aliphatic rings. The maximum absolute atomic E-state index is 13.0. The number of benzene rings is 1. The minimum atomic E-state index is -0.597. The second-order valence-corrected chi connectivity index (χ2v) is 7.06. The summed E-state index contributed by atoms with van der Waals surface area (Å²) >= 11 is 0. The zero-order chi connectivity index (χ0) is 19.2. The van der Waals surface area contributed by atoms with Crippen LogP contribution in [0.5, 0.6) is 5.75 Å². The third-order valence-corrected chi connectivity index (χ3v) is 5.09. The molecule has 0 saturated heterocycles. The van der Waals surface area contributed by atoms with Crippen molar-refractivity contribution >= 4 is 12.0 Å². The van der Waals surface area contributed by atoms with E-state index in [1.165, 1.54) is 12.8 Å². The van der Waals surface area contributed by atoms with Crippen LogP contribution in [0.25, 0.3) is 0 Å². The van der Waals surface area contributed by atoms with Gasteiger partial charge in [-0.25, -0.2) is 9.59 Å². The van der Waals surface area contributed by atoms with Crippen LogP contribution in [-0.4, -0.2) is 24.7 Å². The number of allylic oxidation sites excluding steroid dienone is 1. The predicted molar refractivity (Wildman–Crippen MR) is 102 cm³/mol. The summed E-state index contributed by atoms with van der Waals surface area (Å²) in [6, 6.07) is 6.52. The molecule has 27 heavy (non-hydrogen) atoms. The van der Waals surface area contributed by atoms with E-state index >= 15 is 0 Å². The lowest BCUT2D eigenvalue weighted by molar-refractivity contribution is -0.145. The molecular weight excluding hydrogens is 344 g/mol. The highest BCUT2D eigenvalue weighted by atomic mass is 16.5. The molecule has 1 aliphatic heterocycles. The van der Waals surface area contributed by atoms with Crippen LogP contribution in [0.15, 0.2) is 35.5 Å². The van der Waals surface area contributed by atoms with E-state index in [0.29, 0.717) is 23.6 Å². The monoisotopic (exact) mass is 372 g/mol. The highest BCUT2D eigenvalue weighted by molar-refractivity contribution is 5.95. The molecule has 6 nitrogen and oxygen atoms in total. The Hall–Kier alpha value is -2.50. The summed E-state index contributed by atoms with van der Waals surface area (Å²) in [7, 11) is 0. The molecule has 2 amide bonds. The Kier molecular flexibility index (Phi) is 6.37. The summed E-state index contributed by atoms with van der Waals surface area (Å²) in [5.74, 6) is 0.281. The first-order chi connectivity index (χ1) is 13.1. The topological polar surface area (TPSA) is 76.7 Å². The Morgan fingerprint density at radius 1 is 1.15 bits per heavy atom. The van der Waals surface area contributed by atoms with Gasteiger partial charge < -0.3 is 20.1 Å². The zero-order valence-corrected chi connectivity index (χ0v) is 16.0. The molecule has 1 heterocycles.